The number of aromatic nitrogens is 1. The van der Waals surface area contributed by atoms with Crippen molar-refractivity contribution in [3.63, 3.8) is 0 Å². The summed E-state index contributed by atoms with van der Waals surface area (Å²) < 4.78 is 0. The summed E-state index contributed by atoms with van der Waals surface area (Å²) in [5.74, 6) is -1.24. The summed E-state index contributed by atoms with van der Waals surface area (Å²) >= 11 is 0. The molecule has 92 valence electrons. The predicted octanol–water partition coefficient (Wildman–Crippen LogP) is 2.01. The molecular formula is C12H16N2O3. The summed E-state index contributed by atoms with van der Waals surface area (Å²) in [6.07, 6.45) is 1.45. The topological polar surface area (TPSA) is 79.3 Å². The molecular weight excluding hydrogens is 220 g/mol. The summed E-state index contributed by atoms with van der Waals surface area (Å²) in [6, 6.07) is 2.93. The van der Waals surface area contributed by atoms with Gasteiger partial charge < -0.3 is 10.4 Å². The van der Waals surface area contributed by atoms with Crippen molar-refractivity contribution in [2.75, 3.05) is 5.32 Å². The van der Waals surface area contributed by atoms with Crippen molar-refractivity contribution < 1.29 is 14.7 Å². The second-order valence-corrected chi connectivity index (χ2v) is 4.23. The minimum atomic E-state index is -1.11. The van der Waals surface area contributed by atoms with E-state index in [1.54, 1.807) is 6.92 Å². The van der Waals surface area contributed by atoms with Gasteiger partial charge in [-0.05, 0) is 18.1 Å². The van der Waals surface area contributed by atoms with Gasteiger partial charge in [-0.2, -0.15) is 0 Å². The van der Waals surface area contributed by atoms with Gasteiger partial charge in [0.2, 0.25) is 5.91 Å². The molecule has 1 aromatic rings. The summed E-state index contributed by atoms with van der Waals surface area (Å²) in [7, 11) is 0. The molecule has 1 unspecified atom stereocenters. The number of rotatable bonds is 4. The second-order valence-electron chi connectivity index (χ2n) is 4.23. The van der Waals surface area contributed by atoms with Crippen LogP contribution in [0.1, 0.15) is 31.1 Å². The molecule has 0 radical (unpaired) electrons. The van der Waals surface area contributed by atoms with Crippen LogP contribution in [0.5, 0.6) is 0 Å². The lowest BCUT2D eigenvalue weighted by atomic mass is 9.97. The van der Waals surface area contributed by atoms with Crippen LogP contribution in [0, 0.1) is 11.8 Å². The van der Waals surface area contributed by atoms with Crippen LogP contribution in [0.25, 0.3) is 0 Å². The lowest BCUT2D eigenvalue weighted by molar-refractivity contribution is -0.120. The highest BCUT2D eigenvalue weighted by molar-refractivity contribution is 5.99. The number of anilines is 1. The van der Waals surface area contributed by atoms with Crippen molar-refractivity contribution >= 4 is 17.7 Å². The largest absolute Gasteiger partial charge is 0.478 e. The first-order valence-electron chi connectivity index (χ1n) is 5.42. The molecule has 2 N–H and O–H groups in total. The van der Waals surface area contributed by atoms with E-state index in [0.29, 0.717) is 0 Å². The molecule has 1 aromatic heterocycles. The van der Waals surface area contributed by atoms with E-state index in [9.17, 15) is 9.59 Å². The Morgan fingerprint density at radius 2 is 2.00 bits per heavy atom. The predicted molar refractivity (Wildman–Crippen MR) is 63.8 cm³/mol. The van der Waals surface area contributed by atoms with Crippen LogP contribution in [0.15, 0.2) is 18.3 Å². The number of carbonyl (C=O) groups is 2. The number of carbonyl (C=O) groups excluding carboxylic acids is 1. The third kappa shape index (κ3) is 3.27. The van der Waals surface area contributed by atoms with E-state index in [-0.39, 0.29) is 29.1 Å². The number of carboxylic acids is 1. The van der Waals surface area contributed by atoms with Gasteiger partial charge in [0.15, 0.2) is 0 Å². The Bertz CT molecular complexity index is 430. The Balaban J connectivity index is 2.89. The fraction of sp³-hybridized carbons (Fsp3) is 0.417. The number of hydrogen-bond acceptors (Lipinski definition) is 3. The Kier molecular flexibility index (Phi) is 4.20. The summed E-state index contributed by atoms with van der Waals surface area (Å²) in [6.45, 7) is 5.66. The van der Waals surface area contributed by atoms with E-state index in [0.717, 1.165) is 0 Å². The van der Waals surface area contributed by atoms with E-state index in [2.05, 4.69) is 10.3 Å². The van der Waals surface area contributed by atoms with E-state index in [1.807, 2.05) is 13.8 Å². The van der Waals surface area contributed by atoms with Crippen LogP contribution in [-0.4, -0.2) is 22.0 Å². The molecule has 0 aliphatic carbocycles. The molecule has 5 heteroatoms. The first-order valence-corrected chi connectivity index (χ1v) is 5.42. The first-order chi connectivity index (χ1) is 7.93. The zero-order chi connectivity index (χ0) is 13.0. The molecule has 1 atom stereocenters. The minimum absolute atomic E-state index is 0.00296. The van der Waals surface area contributed by atoms with Gasteiger partial charge in [-0.25, -0.2) is 9.78 Å². The van der Waals surface area contributed by atoms with Gasteiger partial charge in [0, 0.05) is 12.1 Å². The number of nitrogens with zero attached hydrogens (tertiary/aromatic N) is 1. The van der Waals surface area contributed by atoms with Gasteiger partial charge in [-0.15, -0.1) is 0 Å². The summed E-state index contributed by atoms with van der Waals surface area (Å²) in [5.41, 5.74) is -0.00296. The number of carboxylic acid groups (broad SMARTS) is 1. The average molecular weight is 236 g/mol. The molecule has 1 amide bonds. The molecule has 0 spiro atoms. The van der Waals surface area contributed by atoms with Crippen LogP contribution >= 0.6 is 0 Å². The second kappa shape index (κ2) is 5.43. The quantitative estimate of drug-likeness (QED) is 0.838. The van der Waals surface area contributed by atoms with Crippen molar-refractivity contribution in [3.05, 3.63) is 23.9 Å². The lowest BCUT2D eigenvalue weighted by Gasteiger charge is -2.15. The molecule has 0 aliphatic rings. The smallest absolute Gasteiger partial charge is 0.339 e. The van der Waals surface area contributed by atoms with E-state index in [1.165, 1.54) is 18.3 Å². The summed E-state index contributed by atoms with van der Waals surface area (Å²) in [4.78, 5) is 26.6. The van der Waals surface area contributed by atoms with Crippen LogP contribution in [0.4, 0.5) is 5.82 Å². The maximum absolute atomic E-state index is 11.8. The zero-order valence-electron chi connectivity index (χ0n) is 10.1. The third-order valence-corrected chi connectivity index (χ3v) is 2.69. The SMILES string of the molecule is CC(C)C(C)C(=O)Nc1ncccc1C(=O)O. The molecule has 0 saturated heterocycles. The maximum atomic E-state index is 11.8. The first kappa shape index (κ1) is 13.2. The highest BCUT2D eigenvalue weighted by Gasteiger charge is 2.19. The molecule has 1 heterocycles. The number of hydrogen-bond donors (Lipinski definition) is 2. The number of aromatic carboxylic acids is 1. The fourth-order valence-corrected chi connectivity index (χ4v) is 1.21. The van der Waals surface area contributed by atoms with Crippen LogP contribution in [-0.2, 0) is 4.79 Å². The van der Waals surface area contributed by atoms with Crippen molar-refractivity contribution in [2.24, 2.45) is 11.8 Å². The Labute approximate surface area is 99.9 Å². The van der Waals surface area contributed by atoms with Gasteiger partial charge in [0.05, 0.1) is 0 Å². The Morgan fingerprint density at radius 3 is 2.53 bits per heavy atom. The van der Waals surface area contributed by atoms with E-state index < -0.39 is 5.97 Å². The number of amides is 1. The van der Waals surface area contributed by atoms with E-state index in [4.69, 9.17) is 5.11 Å². The van der Waals surface area contributed by atoms with Crippen LogP contribution in [0.3, 0.4) is 0 Å². The molecule has 0 aliphatic heterocycles. The van der Waals surface area contributed by atoms with Gasteiger partial charge in [-0.3, -0.25) is 4.79 Å². The van der Waals surface area contributed by atoms with Crippen molar-refractivity contribution in [2.45, 2.75) is 20.8 Å². The standard InChI is InChI=1S/C12H16N2O3/c1-7(2)8(3)11(15)14-10-9(12(16)17)5-4-6-13-10/h4-8H,1-3H3,(H,16,17)(H,13,14,15). The molecule has 17 heavy (non-hydrogen) atoms. The zero-order valence-corrected chi connectivity index (χ0v) is 10.1. The maximum Gasteiger partial charge on any atom is 0.339 e. The van der Waals surface area contributed by atoms with Crippen molar-refractivity contribution in [1.29, 1.82) is 0 Å². The molecule has 0 bridgehead atoms. The van der Waals surface area contributed by atoms with E-state index >= 15 is 0 Å². The van der Waals surface area contributed by atoms with Gasteiger partial charge in [-0.1, -0.05) is 20.8 Å². The monoisotopic (exact) mass is 236 g/mol. The summed E-state index contributed by atoms with van der Waals surface area (Å²) in [5, 5.41) is 11.5. The van der Waals surface area contributed by atoms with Gasteiger partial charge >= 0.3 is 5.97 Å². The third-order valence-electron chi connectivity index (χ3n) is 2.69. The highest BCUT2D eigenvalue weighted by Crippen LogP contribution is 2.15. The minimum Gasteiger partial charge on any atom is -0.478 e. The Hall–Kier alpha value is -1.91. The van der Waals surface area contributed by atoms with Crippen molar-refractivity contribution in [1.82, 2.24) is 4.98 Å². The number of nitrogens with one attached hydrogen (secondary N) is 1. The van der Waals surface area contributed by atoms with Crippen LogP contribution < -0.4 is 5.32 Å². The highest BCUT2D eigenvalue weighted by atomic mass is 16.4. The van der Waals surface area contributed by atoms with Crippen LogP contribution in [0.2, 0.25) is 0 Å². The molecule has 1 rings (SSSR count). The van der Waals surface area contributed by atoms with Gasteiger partial charge in [0.25, 0.3) is 0 Å². The molecule has 0 fully saturated rings. The lowest BCUT2D eigenvalue weighted by Crippen LogP contribution is -2.25. The normalized spacial score (nSPS) is 12.2. The molecule has 5 nitrogen and oxygen atoms in total. The number of pyridine rings is 1. The fourth-order valence-electron chi connectivity index (χ4n) is 1.21. The molecule has 0 saturated carbocycles. The van der Waals surface area contributed by atoms with Crippen molar-refractivity contribution in [3.8, 4) is 0 Å². The average Bonchev–Trinajstić information content (AvgIpc) is 2.28. The molecule has 0 aromatic carbocycles. The van der Waals surface area contributed by atoms with Gasteiger partial charge in [0.1, 0.15) is 11.4 Å². The Morgan fingerprint density at radius 1 is 1.35 bits per heavy atom.